The Morgan fingerprint density at radius 1 is 1.03 bits per heavy atom. The molecule has 4 rings (SSSR count). The van der Waals surface area contributed by atoms with Crippen LogP contribution >= 0.6 is 0 Å². The number of carbonyl (C=O) groups is 2. The number of Topliss-reactive ketones (excluding diaryl/α,β-unsaturated/α-hetero) is 1. The number of likely N-dealkylation sites (tertiary alicyclic amines) is 1. The van der Waals surface area contributed by atoms with Gasteiger partial charge in [-0.05, 0) is 49.8 Å². The summed E-state index contributed by atoms with van der Waals surface area (Å²) < 4.78 is 17.0. The smallest absolute Gasteiger partial charge is 0.252 e. The third-order valence-corrected chi connectivity index (χ3v) is 6.24. The first kappa shape index (κ1) is 22.5. The minimum Gasteiger partial charge on any atom is -0.497 e. The second-order valence-electron chi connectivity index (χ2n) is 8.46. The SMILES string of the molecule is COc1ccc(CN2C(=O)[C@@H](OC3CCCCO3)CC[C@H]2CC(=O)c2ccccc2)cc1. The van der Waals surface area contributed by atoms with Crippen LogP contribution in [-0.2, 0) is 20.8 Å². The first-order valence-electron chi connectivity index (χ1n) is 11.4. The average Bonchev–Trinajstić information content (AvgIpc) is 2.84. The van der Waals surface area contributed by atoms with Crippen LogP contribution in [-0.4, -0.2) is 48.7 Å². The van der Waals surface area contributed by atoms with Crippen molar-refractivity contribution in [1.29, 1.82) is 0 Å². The van der Waals surface area contributed by atoms with E-state index in [2.05, 4.69) is 0 Å². The number of carbonyl (C=O) groups excluding carboxylic acids is 2. The zero-order valence-corrected chi connectivity index (χ0v) is 18.6. The van der Waals surface area contributed by atoms with Crippen LogP contribution < -0.4 is 4.74 Å². The molecular formula is C26H31NO5. The fourth-order valence-electron chi connectivity index (χ4n) is 4.42. The molecule has 2 saturated heterocycles. The molecule has 2 aromatic carbocycles. The summed E-state index contributed by atoms with van der Waals surface area (Å²) in [4.78, 5) is 28.2. The number of rotatable bonds is 8. The summed E-state index contributed by atoms with van der Waals surface area (Å²) in [5, 5.41) is 0. The molecule has 1 unspecified atom stereocenters. The van der Waals surface area contributed by atoms with Gasteiger partial charge in [0.25, 0.3) is 5.91 Å². The van der Waals surface area contributed by atoms with Gasteiger partial charge in [-0.3, -0.25) is 9.59 Å². The van der Waals surface area contributed by atoms with Gasteiger partial charge in [0.15, 0.2) is 12.1 Å². The first-order valence-corrected chi connectivity index (χ1v) is 11.4. The van der Waals surface area contributed by atoms with Gasteiger partial charge in [0.1, 0.15) is 11.9 Å². The molecule has 2 aromatic rings. The third-order valence-electron chi connectivity index (χ3n) is 6.24. The molecule has 6 heteroatoms. The second kappa shape index (κ2) is 10.7. The number of hydrogen-bond donors (Lipinski definition) is 0. The Morgan fingerprint density at radius 3 is 2.50 bits per heavy atom. The molecule has 170 valence electrons. The molecule has 32 heavy (non-hydrogen) atoms. The first-order chi connectivity index (χ1) is 15.6. The molecule has 2 fully saturated rings. The van der Waals surface area contributed by atoms with Crippen LogP contribution in [0.2, 0.25) is 0 Å². The number of hydrogen-bond acceptors (Lipinski definition) is 5. The van der Waals surface area contributed by atoms with Gasteiger partial charge < -0.3 is 19.1 Å². The predicted octanol–water partition coefficient (Wildman–Crippen LogP) is 4.37. The van der Waals surface area contributed by atoms with E-state index in [1.807, 2.05) is 59.5 Å². The van der Waals surface area contributed by atoms with Crippen molar-refractivity contribution in [3.63, 3.8) is 0 Å². The van der Waals surface area contributed by atoms with Crippen molar-refractivity contribution in [1.82, 2.24) is 4.90 Å². The fourth-order valence-corrected chi connectivity index (χ4v) is 4.42. The maximum atomic E-state index is 13.5. The fraction of sp³-hybridized carbons (Fsp3) is 0.462. The molecule has 2 aliphatic heterocycles. The maximum absolute atomic E-state index is 13.5. The summed E-state index contributed by atoms with van der Waals surface area (Å²) in [6.07, 6.45) is 3.68. The van der Waals surface area contributed by atoms with E-state index in [9.17, 15) is 9.59 Å². The van der Waals surface area contributed by atoms with Gasteiger partial charge >= 0.3 is 0 Å². The highest BCUT2D eigenvalue weighted by atomic mass is 16.7. The summed E-state index contributed by atoms with van der Waals surface area (Å²) in [7, 11) is 1.63. The third kappa shape index (κ3) is 5.56. The average molecular weight is 438 g/mol. The van der Waals surface area contributed by atoms with Crippen molar-refractivity contribution in [2.24, 2.45) is 0 Å². The monoisotopic (exact) mass is 437 g/mol. The van der Waals surface area contributed by atoms with Crippen LogP contribution in [0.5, 0.6) is 5.75 Å². The van der Waals surface area contributed by atoms with Gasteiger partial charge in [0, 0.05) is 31.2 Å². The zero-order chi connectivity index (χ0) is 22.3. The quantitative estimate of drug-likeness (QED) is 0.574. The highest BCUT2D eigenvalue weighted by Gasteiger charge is 2.38. The van der Waals surface area contributed by atoms with Gasteiger partial charge in [0.05, 0.1) is 7.11 Å². The Balaban J connectivity index is 1.49. The number of benzene rings is 2. The van der Waals surface area contributed by atoms with E-state index in [-0.39, 0.29) is 24.0 Å². The van der Waals surface area contributed by atoms with Crippen LogP contribution in [0.1, 0.15) is 54.4 Å². The summed E-state index contributed by atoms with van der Waals surface area (Å²) in [5.41, 5.74) is 1.67. The second-order valence-corrected chi connectivity index (χ2v) is 8.46. The van der Waals surface area contributed by atoms with E-state index in [0.29, 0.717) is 31.6 Å². The number of ketones is 1. The van der Waals surface area contributed by atoms with Gasteiger partial charge in [-0.1, -0.05) is 42.5 Å². The number of ether oxygens (including phenoxy) is 3. The van der Waals surface area contributed by atoms with E-state index in [0.717, 1.165) is 37.0 Å². The highest BCUT2D eigenvalue weighted by Crippen LogP contribution is 2.29. The maximum Gasteiger partial charge on any atom is 0.252 e. The normalized spacial score (nSPS) is 23.7. The van der Waals surface area contributed by atoms with Crippen molar-refractivity contribution in [2.45, 2.75) is 63.5 Å². The Hall–Kier alpha value is -2.70. The van der Waals surface area contributed by atoms with Crippen LogP contribution in [0.25, 0.3) is 0 Å². The van der Waals surface area contributed by atoms with Crippen molar-refractivity contribution in [3.8, 4) is 5.75 Å². The number of nitrogens with zero attached hydrogens (tertiary/aromatic N) is 1. The topological polar surface area (TPSA) is 65.1 Å². The van der Waals surface area contributed by atoms with E-state index in [1.165, 1.54) is 0 Å². The molecule has 6 nitrogen and oxygen atoms in total. The van der Waals surface area contributed by atoms with Crippen molar-refractivity contribution < 1.29 is 23.8 Å². The molecule has 0 radical (unpaired) electrons. The van der Waals surface area contributed by atoms with Gasteiger partial charge in [-0.25, -0.2) is 0 Å². The number of amides is 1. The molecule has 2 heterocycles. The Labute approximate surface area is 189 Å². The highest BCUT2D eigenvalue weighted by molar-refractivity contribution is 5.96. The lowest BCUT2D eigenvalue weighted by Gasteiger charge is -2.40. The lowest BCUT2D eigenvalue weighted by atomic mass is 9.92. The minimum absolute atomic E-state index is 0.0538. The van der Waals surface area contributed by atoms with E-state index in [4.69, 9.17) is 14.2 Å². The van der Waals surface area contributed by atoms with Gasteiger partial charge in [0.2, 0.25) is 0 Å². The molecular weight excluding hydrogens is 406 g/mol. The summed E-state index contributed by atoms with van der Waals surface area (Å²) in [6, 6.07) is 16.8. The molecule has 0 saturated carbocycles. The molecule has 0 bridgehead atoms. The van der Waals surface area contributed by atoms with Gasteiger partial charge in [-0.15, -0.1) is 0 Å². The van der Waals surface area contributed by atoms with E-state index < -0.39 is 6.10 Å². The lowest BCUT2D eigenvalue weighted by molar-refractivity contribution is -0.204. The lowest BCUT2D eigenvalue weighted by Crippen LogP contribution is -2.52. The molecule has 3 atom stereocenters. The van der Waals surface area contributed by atoms with Crippen molar-refractivity contribution in [3.05, 3.63) is 65.7 Å². The summed E-state index contributed by atoms with van der Waals surface area (Å²) >= 11 is 0. The summed E-state index contributed by atoms with van der Waals surface area (Å²) in [6.45, 7) is 1.11. The van der Waals surface area contributed by atoms with Crippen LogP contribution in [0.3, 0.4) is 0 Å². The summed E-state index contributed by atoms with van der Waals surface area (Å²) in [5.74, 6) is 0.760. The van der Waals surface area contributed by atoms with Crippen molar-refractivity contribution in [2.75, 3.05) is 13.7 Å². The van der Waals surface area contributed by atoms with Gasteiger partial charge in [-0.2, -0.15) is 0 Å². The van der Waals surface area contributed by atoms with Crippen LogP contribution in [0, 0.1) is 0 Å². The standard InChI is InChI=1S/C26H31NO5/c1-30-22-13-10-19(11-14-22)18-27-21(17-23(28)20-7-3-2-4-8-20)12-15-24(26(27)29)32-25-9-5-6-16-31-25/h2-4,7-8,10-11,13-14,21,24-25H,5-6,9,12,15-18H2,1H3/t21-,24-,25?/m0/s1. The molecule has 1 amide bonds. The Bertz CT molecular complexity index is 892. The van der Waals surface area contributed by atoms with Crippen LogP contribution in [0.4, 0.5) is 0 Å². The van der Waals surface area contributed by atoms with E-state index in [1.54, 1.807) is 7.11 Å². The molecule has 0 aliphatic carbocycles. The molecule has 0 spiro atoms. The molecule has 0 N–H and O–H groups in total. The number of methoxy groups -OCH3 is 1. The number of piperidine rings is 1. The van der Waals surface area contributed by atoms with Crippen molar-refractivity contribution >= 4 is 11.7 Å². The largest absolute Gasteiger partial charge is 0.497 e. The van der Waals surface area contributed by atoms with E-state index >= 15 is 0 Å². The Kier molecular flexibility index (Phi) is 7.55. The minimum atomic E-state index is -0.528. The molecule has 2 aliphatic rings. The van der Waals surface area contributed by atoms with Crippen LogP contribution in [0.15, 0.2) is 54.6 Å². The predicted molar refractivity (Wildman–Crippen MR) is 120 cm³/mol. The Morgan fingerprint density at radius 2 is 1.81 bits per heavy atom. The zero-order valence-electron chi connectivity index (χ0n) is 18.6. The molecule has 0 aromatic heterocycles.